The molecule has 0 radical (unpaired) electrons. The van der Waals surface area contributed by atoms with Gasteiger partial charge in [0, 0.05) is 39.1 Å². The van der Waals surface area contributed by atoms with Gasteiger partial charge in [-0.3, -0.25) is 9.59 Å². The molecule has 31 heavy (non-hydrogen) atoms. The summed E-state index contributed by atoms with van der Waals surface area (Å²) in [7, 11) is 0. The summed E-state index contributed by atoms with van der Waals surface area (Å²) in [6.07, 6.45) is 1.58. The lowest BCUT2D eigenvalue weighted by Crippen LogP contribution is -2.44. The number of carbonyl (C=O) groups excluding carboxylic acids is 3. The largest absolute Gasteiger partial charge is 0.444 e. The number of rotatable bonds is 5. The number of carbonyl (C=O) groups is 3. The Hall–Kier alpha value is -2.57. The second-order valence-electron chi connectivity index (χ2n) is 9.81. The van der Waals surface area contributed by atoms with Crippen LogP contribution in [0.5, 0.6) is 0 Å². The number of aryl methyl sites for hydroxylation is 1. The van der Waals surface area contributed by atoms with E-state index >= 15 is 0 Å². The topological polar surface area (TPSA) is 79.0 Å². The highest BCUT2D eigenvalue weighted by Crippen LogP contribution is 2.25. The van der Waals surface area contributed by atoms with Crippen molar-refractivity contribution in [1.82, 2.24) is 15.1 Å². The number of ether oxygens (including phenoxy) is 1. The van der Waals surface area contributed by atoms with Gasteiger partial charge in [0.05, 0.1) is 5.92 Å². The van der Waals surface area contributed by atoms with E-state index in [0.29, 0.717) is 45.1 Å². The molecule has 0 aliphatic carbocycles. The summed E-state index contributed by atoms with van der Waals surface area (Å²) in [6, 6.07) is 8.16. The third-order valence-electron chi connectivity index (χ3n) is 5.92. The van der Waals surface area contributed by atoms with Crippen molar-refractivity contribution in [3.8, 4) is 0 Å². The maximum Gasteiger partial charge on any atom is 0.407 e. The quantitative estimate of drug-likeness (QED) is 0.780. The molecular formula is C24H35N3O4. The normalized spacial score (nSPS) is 20.1. The molecule has 1 unspecified atom stereocenters. The van der Waals surface area contributed by atoms with Crippen LogP contribution < -0.4 is 5.32 Å². The van der Waals surface area contributed by atoms with E-state index in [1.165, 1.54) is 5.56 Å². The molecule has 2 heterocycles. The highest BCUT2D eigenvalue weighted by atomic mass is 16.6. The maximum atomic E-state index is 13.0. The van der Waals surface area contributed by atoms with Crippen LogP contribution >= 0.6 is 0 Å². The minimum Gasteiger partial charge on any atom is -0.444 e. The summed E-state index contributed by atoms with van der Waals surface area (Å²) in [5, 5.41) is 2.83. The summed E-state index contributed by atoms with van der Waals surface area (Å²) in [5.41, 5.74) is 1.77. The van der Waals surface area contributed by atoms with Crippen molar-refractivity contribution in [3.63, 3.8) is 0 Å². The van der Waals surface area contributed by atoms with E-state index in [2.05, 4.69) is 5.32 Å². The second-order valence-corrected chi connectivity index (χ2v) is 9.81. The predicted molar refractivity (Wildman–Crippen MR) is 118 cm³/mol. The third kappa shape index (κ3) is 6.71. The van der Waals surface area contributed by atoms with Crippen molar-refractivity contribution >= 4 is 17.9 Å². The van der Waals surface area contributed by atoms with E-state index < -0.39 is 11.7 Å². The SMILES string of the molecule is Cc1ccc(CN2CC(C(=O)N3CCC(CNC(=O)OC(C)(C)C)CC3)CC2=O)cc1. The number of amides is 3. The van der Waals surface area contributed by atoms with Gasteiger partial charge in [0.2, 0.25) is 11.8 Å². The number of alkyl carbamates (subject to hydrolysis) is 1. The smallest absolute Gasteiger partial charge is 0.407 e. The molecule has 3 amide bonds. The Morgan fingerprint density at radius 3 is 2.39 bits per heavy atom. The van der Waals surface area contributed by atoms with E-state index in [-0.39, 0.29) is 17.7 Å². The van der Waals surface area contributed by atoms with E-state index in [1.807, 2.05) is 56.9 Å². The first-order valence-electron chi connectivity index (χ1n) is 11.2. The molecule has 2 aliphatic rings. The fourth-order valence-electron chi connectivity index (χ4n) is 4.16. The molecule has 3 rings (SSSR count). The summed E-state index contributed by atoms with van der Waals surface area (Å²) < 4.78 is 5.27. The zero-order valence-electron chi connectivity index (χ0n) is 19.1. The summed E-state index contributed by atoms with van der Waals surface area (Å²) in [4.78, 5) is 40.9. The zero-order chi connectivity index (χ0) is 22.6. The number of hydrogen-bond donors (Lipinski definition) is 1. The minimum atomic E-state index is -0.508. The molecule has 0 saturated carbocycles. The van der Waals surface area contributed by atoms with Crippen molar-refractivity contribution in [2.24, 2.45) is 11.8 Å². The van der Waals surface area contributed by atoms with Gasteiger partial charge in [-0.05, 0) is 52.0 Å². The highest BCUT2D eigenvalue weighted by Gasteiger charge is 2.37. The molecule has 2 fully saturated rings. The van der Waals surface area contributed by atoms with Gasteiger partial charge < -0.3 is 19.9 Å². The summed E-state index contributed by atoms with van der Waals surface area (Å²) in [5.74, 6) is 0.211. The van der Waals surface area contributed by atoms with Crippen molar-refractivity contribution < 1.29 is 19.1 Å². The van der Waals surface area contributed by atoms with Crippen LogP contribution in [0.3, 0.4) is 0 Å². The van der Waals surface area contributed by atoms with Crippen LogP contribution in [0.15, 0.2) is 24.3 Å². The van der Waals surface area contributed by atoms with Crippen LogP contribution in [0.2, 0.25) is 0 Å². The van der Waals surface area contributed by atoms with Gasteiger partial charge in [-0.25, -0.2) is 4.79 Å². The maximum absolute atomic E-state index is 13.0. The minimum absolute atomic E-state index is 0.0513. The lowest BCUT2D eigenvalue weighted by atomic mass is 9.95. The molecule has 1 aromatic carbocycles. The Kier molecular flexibility index (Phi) is 7.23. The Labute approximate surface area is 185 Å². The van der Waals surface area contributed by atoms with Gasteiger partial charge in [0.25, 0.3) is 0 Å². The van der Waals surface area contributed by atoms with E-state index in [1.54, 1.807) is 4.90 Å². The fourth-order valence-corrected chi connectivity index (χ4v) is 4.16. The van der Waals surface area contributed by atoms with Crippen LogP contribution in [-0.4, -0.2) is 59.5 Å². The Morgan fingerprint density at radius 2 is 1.77 bits per heavy atom. The fraction of sp³-hybridized carbons (Fsp3) is 0.625. The standard InChI is InChI=1S/C24H35N3O4/c1-17-5-7-19(8-6-17)15-27-16-20(13-21(27)28)22(29)26-11-9-18(10-12-26)14-25-23(30)31-24(2,3)4/h5-8,18,20H,9-16H2,1-4H3,(H,25,30). The molecule has 0 spiro atoms. The molecule has 1 aromatic rings. The monoisotopic (exact) mass is 429 g/mol. The van der Waals surface area contributed by atoms with Gasteiger partial charge in [-0.15, -0.1) is 0 Å². The first kappa shape index (κ1) is 23.1. The molecule has 1 N–H and O–H groups in total. The number of likely N-dealkylation sites (tertiary alicyclic amines) is 2. The Balaban J connectivity index is 1.42. The Bertz CT molecular complexity index is 792. The third-order valence-corrected chi connectivity index (χ3v) is 5.92. The molecule has 2 aliphatic heterocycles. The molecular weight excluding hydrogens is 394 g/mol. The van der Waals surface area contributed by atoms with Crippen LogP contribution in [0.4, 0.5) is 4.79 Å². The van der Waals surface area contributed by atoms with Crippen molar-refractivity contribution in [2.45, 2.75) is 59.1 Å². The lowest BCUT2D eigenvalue weighted by molar-refractivity contribution is -0.137. The molecule has 2 saturated heterocycles. The number of nitrogens with one attached hydrogen (secondary N) is 1. The molecule has 7 nitrogen and oxygen atoms in total. The zero-order valence-corrected chi connectivity index (χ0v) is 19.1. The Morgan fingerprint density at radius 1 is 1.13 bits per heavy atom. The van der Waals surface area contributed by atoms with E-state index in [9.17, 15) is 14.4 Å². The number of hydrogen-bond acceptors (Lipinski definition) is 4. The van der Waals surface area contributed by atoms with Crippen LogP contribution in [0, 0.1) is 18.8 Å². The number of piperidine rings is 1. The average molecular weight is 430 g/mol. The summed E-state index contributed by atoms with van der Waals surface area (Å²) >= 11 is 0. The molecule has 1 atom stereocenters. The molecule has 7 heteroatoms. The van der Waals surface area contributed by atoms with Crippen molar-refractivity contribution in [1.29, 1.82) is 0 Å². The van der Waals surface area contributed by atoms with E-state index in [0.717, 1.165) is 18.4 Å². The first-order valence-corrected chi connectivity index (χ1v) is 11.2. The van der Waals surface area contributed by atoms with E-state index in [4.69, 9.17) is 4.74 Å². The molecule has 170 valence electrons. The van der Waals surface area contributed by atoms with Gasteiger partial charge in [-0.1, -0.05) is 29.8 Å². The predicted octanol–water partition coefficient (Wildman–Crippen LogP) is 3.11. The molecule has 0 bridgehead atoms. The second kappa shape index (κ2) is 9.71. The van der Waals surface area contributed by atoms with Crippen LogP contribution in [0.25, 0.3) is 0 Å². The highest BCUT2D eigenvalue weighted by molar-refractivity contribution is 5.89. The number of benzene rings is 1. The van der Waals surface area contributed by atoms with Crippen molar-refractivity contribution in [2.75, 3.05) is 26.2 Å². The summed E-state index contributed by atoms with van der Waals surface area (Å²) in [6.45, 7) is 10.5. The molecule has 0 aromatic heterocycles. The van der Waals surface area contributed by atoms with Crippen LogP contribution in [-0.2, 0) is 20.9 Å². The van der Waals surface area contributed by atoms with Gasteiger partial charge >= 0.3 is 6.09 Å². The number of nitrogens with zero attached hydrogens (tertiary/aromatic N) is 2. The average Bonchev–Trinajstić information content (AvgIpc) is 3.07. The van der Waals surface area contributed by atoms with Gasteiger partial charge in [0.1, 0.15) is 5.60 Å². The van der Waals surface area contributed by atoms with Gasteiger partial charge in [0.15, 0.2) is 0 Å². The first-order chi connectivity index (χ1) is 14.6. The van der Waals surface area contributed by atoms with Crippen molar-refractivity contribution in [3.05, 3.63) is 35.4 Å². The lowest BCUT2D eigenvalue weighted by Gasteiger charge is -2.33. The van der Waals surface area contributed by atoms with Gasteiger partial charge in [-0.2, -0.15) is 0 Å². The van der Waals surface area contributed by atoms with Crippen LogP contribution in [0.1, 0.15) is 51.2 Å².